The lowest BCUT2D eigenvalue weighted by Gasteiger charge is -2.18. The zero-order valence-corrected chi connectivity index (χ0v) is 20.7. The van der Waals surface area contributed by atoms with Crippen molar-refractivity contribution >= 4 is 5.78 Å². The van der Waals surface area contributed by atoms with Crippen molar-refractivity contribution in [2.75, 3.05) is 0 Å². The second-order valence-electron chi connectivity index (χ2n) is 9.49. The first kappa shape index (κ1) is 24.0. The van der Waals surface area contributed by atoms with Gasteiger partial charge in [0.2, 0.25) is 17.4 Å². The van der Waals surface area contributed by atoms with Gasteiger partial charge in [-0.3, -0.25) is 9.78 Å². The fourth-order valence-electron chi connectivity index (χ4n) is 4.91. The molecular weight excluding hydrogens is 452 g/mol. The SMILES string of the molecule is CCCCCn1nc(C(=O)C2CCCCC2)nc1Cc1ccc(-c2cccnc2-c2nn[nH]n2)cc1. The van der Waals surface area contributed by atoms with E-state index in [4.69, 9.17) is 4.98 Å². The Balaban J connectivity index is 1.37. The van der Waals surface area contributed by atoms with Gasteiger partial charge in [0.15, 0.2) is 0 Å². The highest BCUT2D eigenvalue weighted by molar-refractivity contribution is 5.94. The minimum Gasteiger partial charge on any atom is -0.290 e. The highest BCUT2D eigenvalue weighted by Gasteiger charge is 2.26. The van der Waals surface area contributed by atoms with Crippen LogP contribution in [0.4, 0.5) is 0 Å². The number of H-pyrrole nitrogens is 1. The average molecular weight is 485 g/mol. The number of benzene rings is 1. The molecule has 3 heterocycles. The monoisotopic (exact) mass is 484 g/mol. The fourth-order valence-corrected chi connectivity index (χ4v) is 4.91. The zero-order chi connectivity index (χ0) is 24.7. The Kier molecular flexibility index (Phi) is 7.54. The number of hydrogen-bond donors (Lipinski definition) is 1. The number of Topliss-reactive ketones (excluding diaryl/α,β-unsaturated/α-hetero) is 1. The van der Waals surface area contributed by atoms with Crippen LogP contribution in [-0.4, -0.2) is 46.2 Å². The molecular formula is C27H32N8O. The number of ketones is 1. The molecule has 1 aromatic carbocycles. The van der Waals surface area contributed by atoms with Gasteiger partial charge in [-0.1, -0.05) is 69.4 Å². The largest absolute Gasteiger partial charge is 0.290 e. The molecule has 3 aromatic heterocycles. The van der Waals surface area contributed by atoms with E-state index < -0.39 is 0 Å². The lowest BCUT2D eigenvalue weighted by atomic mass is 9.86. The zero-order valence-electron chi connectivity index (χ0n) is 20.7. The Labute approximate surface area is 210 Å². The topological polar surface area (TPSA) is 115 Å². The summed E-state index contributed by atoms with van der Waals surface area (Å²) in [6.07, 6.45) is 11.0. The molecule has 1 aliphatic rings. The van der Waals surface area contributed by atoms with Crippen molar-refractivity contribution in [3.63, 3.8) is 0 Å². The molecule has 36 heavy (non-hydrogen) atoms. The fraction of sp³-hybridized carbons (Fsp3) is 0.444. The lowest BCUT2D eigenvalue weighted by molar-refractivity contribution is 0.0878. The smallest absolute Gasteiger partial charge is 0.223 e. The number of unbranched alkanes of at least 4 members (excludes halogenated alkanes) is 2. The molecule has 0 radical (unpaired) electrons. The van der Waals surface area contributed by atoms with Gasteiger partial charge < -0.3 is 0 Å². The molecule has 186 valence electrons. The molecule has 5 rings (SSSR count). The van der Waals surface area contributed by atoms with E-state index in [1.807, 2.05) is 16.8 Å². The van der Waals surface area contributed by atoms with Crippen LogP contribution in [0.15, 0.2) is 42.6 Å². The third-order valence-electron chi connectivity index (χ3n) is 6.91. The third-order valence-corrected chi connectivity index (χ3v) is 6.91. The summed E-state index contributed by atoms with van der Waals surface area (Å²) in [5.74, 6) is 1.90. The number of rotatable bonds is 10. The molecule has 1 fully saturated rings. The molecule has 0 spiro atoms. The van der Waals surface area contributed by atoms with Crippen LogP contribution >= 0.6 is 0 Å². The molecule has 0 unspecified atom stereocenters. The molecule has 0 amide bonds. The summed E-state index contributed by atoms with van der Waals surface area (Å²) < 4.78 is 1.95. The Morgan fingerprint density at radius 3 is 2.67 bits per heavy atom. The van der Waals surface area contributed by atoms with Crippen LogP contribution < -0.4 is 0 Å². The van der Waals surface area contributed by atoms with Crippen LogP contribution in [0.3, 0.4) is 0 Å². The molecule has 0 saturated heterocycles. The molecule has 0 bridgehead atoms. The Bertz CT molecular complexity index is 1270. The van der Waals surface area contributed by atoms with Gasteiger partial charge in [0, 0.05) is 30.6 Å². The second-order valence-corrected chi connectivity index (χ2v) is 9.49. The first-order valence-corrected chi connectivity index (χ1v) is 13.0. The quantitative estimate of drug-likeness (QED) is 0.247. The lowest BCUT2D eigenvalue weighted by Crippen LogP contribution is -2.19. The minimum atomic E-state index is 0.0743. The predicted molar refractivity (Wildman–Crippen MR) is 136 cm³/mol. The molecule has 1 saturated carbocycles. The van der Waals surface area contributed by atoms with Gasteiger partial charge in [-0.2, -0.15) is 5.21 Å². The first-order chi connectivity index (χ1) is 17.7. The number of pyridine rings is 1. The summed E-state index contributed by atoms with van der Waals surface area (Å²) in [5, 5.41) is 19.0. The van der Waals surface area contributed by atoms with Gasteiger partial charge in [-0.05, 0) is 41.7 Å². The number of nitrogens with one attached hydrogen (secondary N) is 1. The number of hydrogen-bond acceptors (Lipinski definition) is 7. The number of aryl methyl sites for hydroxylation is 1. The van der Waals surface area contributed by atoms with Gasteiger partial charge >= 0.3 is 0 Å². The molecule has 9 nitrogen and oxygen atoms in total. The number of aromatic amines is 1. The molecule has 0 aliphatic heterocycles. The highest BCUT2D eigenvalue weighted by Crippen LogP contribution is 2.29. The summed E-state index contributed by atoms with van der Waals surface area (Å²) in [6, 6.07) is 12.2. The molecule has 1 N–H and O–H groups in total. The molecule has 0 atom stereocenters. The van der Waals surface area contributed by atoms with Gasteiger partial charge in [0.05, 0.1) is 0 Å². The summed E-state index contributed by atoms with van der Waals surface area (Å²) >= 11 is 0. The average Bonchev–Trinajstić information content (AvgIpc) is 3.60. The van der Waals surface area contributed by atoms with E-state index in [1.165, 1.54) is 6.42 Å². The van der Waals surface area contributed by atoms with E-state index in [-0.39, 0.29) is 11.7 Å². The summed E-state index contributed by atoms with van der Waals surface area (Å²) in [7, 11) is 0. The van der Waals surface area contributed by atoms with Gasteiger partial charge in [-0.15, -0.1) is 15.3 Å². The number of tetrazole rings is 1. The van der Waals surface area contributed by atoms with Crippen LogP contribution in [0.25, 0.3) is 22.6 Å². The number of carbonyl (C=O) groups is 1. The van der Waals surface area contributed by atoms with Crippen LogP contribution in [0, 0.1) is 5.92 Å². The first-order valence-electron chi connectivity index (χ1n) is 13.0. The molecule has 9 heteroatoms. The van der Waals surface area contributed by atoms with E-state index in [0.717, 1.165) is 74.0 Å². The van der Waals surface area contributed by atoms with E-state index >= 15 is 0 Å². The van der Waals surface area contributed by atoms with Crippen molar-refractivity contribution in [2.24, 2.45) is 5.92 Å². The molecule has 4 aromatic rings. The van der Waals surface area contributed by atoms with Crippen molar-refractivity contribution in [1.82, 2.24) is 40.4 Å². The Morgan fingerprint density at radius 2 is 1.92 bits per heavy atom. The predicted octanol–water partition coefficient (Wildman–Crippen LogP) is 5.06. The maximum absolute atomic E-state index is 13.1. The van der Waals surface area contributed by atoms with Gasteiger partial charge in [-0.25, -0.2) is 9.67 Å². The third kappa shape index (κ3) is 5.40. The maximum atomic E-state index is 13.1. The van der Waals surface area contributed by atoms with Gasteiger partial charge in [0.1, 0.15) is 11.5 Å². The van der Waals surface area contributed by atoms with Crippen LogP contribution in [-0.2, 0) is 13.0 Å². The van der Waals surface area contributed by atoms with Crippen molar-refractivity contribution in [3.8, 4) is 22.6 Å². The van der Waals surface area contributed by atoms with Crippen LogP contribution in [0.2, 0.25) is 0 Å². The van der Waals surface area contributed by atoms with E-state index in [2.05, 4.69) is 61.9 Å². The Morgan fingerprint density at radius 1 is 1.08 bits per heavy atom. The van der Waals surface area contributed by atoms with E-state index in [0.29, 0.717) is 23.8 Å². The van der Waals surface area contributed by atoms with Crippen molar-refractivity contribution < 1.29 is 4.79 Å². The van der Waals surface area contributed by atoms with Crippen molar-refractivity contribution in [3.05, 3.63) is 59.8 Å². The van der Waals surface area contributed by atoms with Crippen molar-refractivity contribution in [1.29, 1.82) is 0 Å². The standard InChI is InChI=1S/C27H32N8O/c1-2-3-7-17-35-23(29-27(32-35)25(36)21-9-5-4-6-10-21)18-19-12-14-20(15-13-19)22-11-8-16-28-24(22)26-30-33-34-31-26/h8,11-16,21H,2-7,9-10,17-18H2,1H3,(H,30,31,33,34). The van der Waals surface area contributed by atoms with Crippen LogP contribution in [0.5, 0.6) is 0 Å². The maximum Gasteiger partial charge on any atom is 0.223 e. The number of carbonyl (C=O) groups excluding carboxylic acids is 1. The minimum absolute atomic E-state index is 0.0743. The number of nitrogens with zero attached hydrogens (tertiary/aromatic N) is 7. The van der Waals surface area contributed by atoms with Crippen molar-refractivity contribution in [2.45, 2.75) is 71.3 Å². The Hall–Kier alpha value is -3.75. The van der Waals surface area contributed by atoms with Gasteiger partial charge in [0.25, 0.3) is 0 Å². The molecule has 1 aliphatic carbocycles. The number of aromatic nitrogens is 8. The van der Waals surface area contributed by atoms with E-state index in [1.54, 1.807) is 6.20 Å². The highest BCUT2D eigenvalue weighted by atomic mass is 16.1. The second kappa shape index (κ2) is 11.3. The van der Waals surface area contributed by atoms with E-state index in [9.17, 15) is 4.79 Å². The summed E-state index contributed by atoms with van der Waals surface area (Å²) in [4.78, 5) is 22.3. The van der Waals surface area contributed by atoms with Crippen LogP contribution in [0.1, 0.15) is 80.3 Å². The summed E-state index contributed by atoms with van der Waals surface area (Å²) in [6.45, 7) is 2.98. The summed E-state index contributed by atoms with van der Waals surface area (Å²) in [5.41, 5.74) is 3.75. The normalized spacial score (nSPS) is 14.2.